The molecule has 2 aliphatic carbocycles. The van der Waals surface area contributed by atoms with Crippen molar-refractivity contribution >= 4 is 0 Å². The van der Waals surface area contributed by atoms with Gasteiger partial charge in [0.15, 0.2) is 0 Å². The molecule has 1 aromatic rings. The topological polar surface area (TPSA) is 34.1 Å². The Morgan fingerprint density at radius 2 is 2.20 bits per heavy atom. The average molecular weight is 274 g/mol. The van der Waals surface area contributed by atoms with Gasteiger partial charge in [0.2, 0.25) is 0 Å². The molecule has 2 atom stereocenters. The first-order valence-corrected chi connectivity index (χ1v) is 8.08. The summed E-state index contributed by atoms with van der Waals surface area (Å²) in [6, 6.07) is 4.68. The van der Waals surface area contributed by atoms with E-state index in [0.29, 0.717) is 17.6 Å². The van der Waals surface area contributed by atoms with E-state index < -0.39 is 0 Å². The third kappa shape index (κ3) is 2.32. The summed E-state index contributed by atoms with van der Waals surface area (Å²) in [5.41, 5.74) is 1.39. The quantitative estimate of drug-likeness (QED) is 0.892. The SMILES string of the molecule is CCCNC1CC(Oc2cccnc2C)C12CCCC2. The van der Waals surface area contributed by atoms with Gasteiger partial charge in [-0.2, -0.15) is 0 Å². The second kappa shape index (κ2) is 5.72. The van der Waals surface area contributed by atoms with E-state index in [1.807, 2.05) is 19.2 Å². The average Bonchev–Trinajstić information content (AvgIpc) is 2.96. The maximum Gasteiger partial charge on any atom is 0.140 e. The van der Waals surface area contributed by atoms with E-state index in [1.54, 1.807) is 0 Å². The molecule has 3 nitrogen and oxygen atoms in total. The molecule has 0 aliphatic heterocycles. The first kappa shape index (κ1) is 13.9. The Hall–Kier alpha value is -1.09. The fraction of sp³-hybridized carbons (Fsp3) is 0.706. The number of hydrogen-bond donors (Lipinski definition) is 1. The second-order valence-electron chi connectivity index (χ2n) is 6.38. The number of nitrogens with zero attached hydrogens (tertiary/aromatic N) is 1. The van der Waals surface area contributed by atoms with Crippen LogP contribution >= 0.6 is 0 Å². The first-order valence-electron chi connectivity index (χ1n) is 8.08. The molecule has 1 heterocycles. The van der Waals surface area contributed by atoms with Crippen molar-refractivity contribution in [1.82, 2.24) is 10.3 Å². The molecular weight excluding hydrogens is 248 g/mol. The molecule has 2 saturated carbocycles. The maximum absolute atomic E-state index is 6.33. The first-order chi connectivity index (χ1) is 9.76. The lowest BCUT2D eigenvalue weighted by atomic mass is 9.60. The molecule has 3 rings (SSSR count). The van der Waals surface area contributed by atoms with Crippen LogP contribution in [0.15, 0.2) is 18.3 Å². The van der Waals surface area contributed by atoms with Crippen LogP contribution in [0.5, 0.6) is 5.75 Å². The highest BCUT2D eigenvalue weighted by atomic mass is 16.5. The molecule has 110 valence electrons. The van der Waals surface area contributed by atoms with Crippen molar-refractivity contribution in [3.63, 3.8) is 0 Å². The zero-order valence-electron chi connectivity index (χ0n) is 12.7. The smallest absolute Gasteiger partial charge is 0.140 e. The molecule has 0 bridgehead atoms. The molecule has 0 radical (unpaired) electrons. The summed E-state index contributed by atoms with van der Waals surface area (Å²) in [6.07, 6.45) is 9.92. The Labute approximate surface area is 122 Å². The van der Waals surface area contributed by atoms with Gasteiger partial charge in [0.25, 0.3) is 0 Å². The lowest BCUT2D eigenvalue weighted by molar-refractivity contribution is -0.0764. The fourth-order valence-corrected chi connectivity index (χ4v) is 3.97. The second-order valence-corrected chi connectivity index (χ2v) is 6.38. The third-order valence-electron chi connectivity index (χ3n) is 5.19. The van der Waals surface area contributed by atoms with Gasteiger partial charge in [-0.3, -0.25) is 4.98 Å². The fourth-order valence-electron chi connectivity index (χ4n) is 3.97. The van der Waals surface area contributed by atoms with Crippen LogP contribution < -0.4 is 10.1 Å². The Balaban J connectivity index is 1.70. The van der Waals surface area contributed by atoms with Gasteiger partial charge in [-0.05, 0) is 44.9 Å². The van der Waals surface area contributed by atoms with Gasteiger partial charge < -0.3 is 10.1 Å². The van der Waals surface area contributed by atoms with E-state index in [4.69, 9.17) is 4.74 Å². The Morgan fingerprint density at radius 1 is 1.40 bits per heavy atom. The molecule has 0 saturated heterocycles. The highest BCUT2D eigenvalue weighted by Crippen LogP contribution is 2.54. The normalized spacial score (nSPS) is 27.5. The van der Waals surface area contributed by atoms with Gasteiger partial charge in [0.1, 0.15) is 11.9 Å². The summed E-state index contributed by atoms with van der Waals surface area (Å²) < 4.78 is 6.33. The van der Waals surface area contributed by atoms with Gasteiger partial charge >= 0.3 is 0 Å². The van der Waals surface area contributed by atoms with Crippen molar-refractivity contribution in [1.29, 1.82) is 0 Å². The summed E-state index contributed by atoms with van der Waals surface area (Å²) in [7, 11) is 0. The zero-order chi connectivity index (χ0) is 14.0. The summed E-state index contributed by atoms with van der Waals surface area (Å²) in [5, 5.41) is 3.74. The van der Waals surface area contributed by atoms with E-state index in [2.05, 4.69) is 23.3 Å². The van der Waals surface area contributed by atoms with Crippen LogP contribution in [0.2, 0.25) is 0 Å². The van der Waals surface area contributed by atoms with Gasteiger partial charge in [-0.1, -0.05) is 19.8 Å². The van der Waals surface area contributed by atoms with Crippen molar-refractivity contribution in [2.45, 2.75) is 64.5 Å². The highest BCUT2D eigenvalue weighted by Gasteiger charge is 2.57. The van der Waals surface area contributed by atoms with Crippen LogP contribution in [0.25, 0.3) is 0 Å². The summed E-state index contributed by atoms with van der Waals surface area (Å²) >= 11 is 0. The standard InChI is InChI=1S/C17H26N2O/c1-3-10-19-15-12-16(17(15)8-4-5-9-17)20-14-7-6-11-18-13(14)2/h6-7,11,15-16,19H,3-5,8-10,12H2,1-2H3. The van der Waals surface area contributed by atoms with Gasteiger partial charge in [0, 0.05) is 24.1 Å². The van der Waals surface area contributed by atoms with Crippen molar-refractivity contribution in [3.8, 4) is 5.75 Å². The number of hydrogen-bond acceptors (Lipinski definition) is 3. The van der Waals surface area contributed by atoms with Gasteiger partial charge in [-0.15, -0.1) is 0 Å². The zero-order valence-corrected chi connectivity index (χ0v) is 12.7. The molecule has 0 aromatic carbocycles. The number of rotatable bonds is 5. The summed E-state index contributed by atoms with van der Waals surface area (Å²) in [6.45, 7) is 5.40. The number of pyridine rings is 1. The highest BCUT2D eigenvalue weighted by molar-refractivity contribution is 5.27. The number of ether oxygens (including phenoxy) is 1. The Morgan fingerprint density at radius 3 is 2.90 bits per heavy atom. The van der Waals surface area contributed by atoms with Crippen molar-refractivity contribution < 1.29 is 4.74 Å². The molecule has 2 unspecified atom stereocenters. The van der Waals surface area contributed by atoms with Crippen LogP contribution in [-0.4, -0.2) is 23.7 Å². The van der Waals surface area contributed by atoms with E-state index >= 15 is 0 Å². The van der Waals surface area contributed by atoms with Crippen LogP contribution in [0.1, 0.15) is 51.1 Å². The molecule has 2 fully saturated rings. The van der Waals surface area contributed by atoms with Crippen molar-refractivity contribution in [2.24, 2.45) is 5.41 Å². The number of aryl methyl sites for hydroxylation is 1. The molecule has 1 spiro atoms. The van der Waals surface area contributed by atoms with E-state index in [9.17, 15) is 0 Å². The summed E-state index contributed by atoms with van der Waals surface area (Å²) in [4.78, 5) is 4.33. The molecular formula is C17H26N2O. The minimum atomic E-state index is 0.377. The number of nitrogens with one attached hydrogen (secondary N) is 1. The maximum atomic E-state index is 6.33. The summed E-state index contributed by atoms with van der Waals surface area (Å²) in [5.74, 6) is 0.970. The van der Waals surface area contributed by atoms with Gasteiger partial charge in [0.05, 0.1) is 5.69 Å². The van der Waals surface area contributed by atoms with Crippen LogP contribution in [0.3, 0.4) is 0 Å². The lowest BCUT2D eigenvalue weighted by Gasteiger charge is -2.54. The molecule has 0 amide bonds. The monoisotopic (exact) mass is 274 g/mol. The van der Waals surface area contributed by atoms with E-state index in [0.717, 1.165) is 24.4 Å². The lowest BCUT2D eigenvalue weighted by Crippen LogP contribution is -2.63. The van der Waals surface area contributed by atoms with Crippen LogP contribution in [-0.2, 0) is 0 Å². The predicted octanol–water partition coefficient (Wildman–Crippen LogP) is 3.47. The molecule has 1 aromatic heterocycles. The minimum absolute atomic E-state index is 0.377. The van der Waals surface area contributed by atoms with Crippen LogP contribution in [0, 0.1) is 12.3 Å². The molecule has 20 heavy (non-hydrogen) atoms. The van der Waals surface area contributed by atoms with Gasteiger partial charge in [-0.25, -0.2) is 0 Å². The van der Waals surface area contributed by atoms with Crippen molar-refractivity contribution in [2.75, 3.05) is 6.54 Å². The van der Waals surface area contributed by atoms with Crippen molar-refractivity contribution in [3.05, 3.63) is 24.0 Å². The Kier molecular flexibility index (Phi) is 3.97. The Bertz CT molecular complexity index is 454. The van der Waals surface area contributed by atoms with E-state index in [1.165, 1.54) is 32.1 Å². The number of aromatic nitrogens is 1. The minimum Gasteiger partial charge on any atom is -0.488 e. The molecule has 2 aliphatic rings. The predicted molar refractivity (Wildman–Crippen MR) is 81.0 cm³/mol. The molecule has 3 heteroatoms. The third-order valence-corrected chi connectivity index (χ3v) is 5.19. The van der Waals surface area contributed by atoms with Crippen LogP contribution in [0.4, 0.5) is 0 Å². The largest absolute Gasteiger partial charge is 0.488 e. The van der Waals surface area contributed by atoms with E-state index in [-0.39, 0.29) is 0 Å². The molecule has 1 N–H and O–H groups in total.